The number of carbonyl (C=O) groups excluding carboxylic acids is 2. The molecule has 186 valence electrons. The van der Waals surface area contributed by atoms with Crippen molar-refractivity contribution in [3.05, 3.63) is 95.7 Å². The predicted molar refractivity (Wildman–Crippen MR) is 143 cm³/mol. The molecule has 0 bridgehead atoms. The molecule has 7 heteroatoms. The maximum absolute atomic E-state index is 13.5. The largest absolute Gasteiger partial charge is 0.490 e. The number of hydrogen-bond donors (Lipinski definition) is 0. The van der Waals surface area contributed by atoms with Gasteiger partial charge < -0.3 is 4.74 Å². The molecule has 1 aromatic heterocycles. The average Bonchev–Trinajstić information content (AvgIpc) is 3.33. The molecule has 37 heavy (non-hydrogen) atoms. The van der Waals surface area contributed by atoms with E-state index in [0.29, 0.717) is 34.8 Å². The number of amides is 2. The van der Waals surface area contributed by atoms with Crippen LogP contribution in [0.4, 0.5) is 0 Å². The zero-order valence-electron chi connectivity index (χ0n) is 21.1. The fourth-order valence-corrected chi connectivity index (χ4v) is 4.11. The van der Waals surface area contributed by atoms with Gasteiger partial charge in [0.1, 0.15) is 24.0 Å². The van der Waals surface area contributed by atoms with Crippen LogP contribution in [0.1, 0.15) is 26.3 Å². The summed E-state index contributed by atoms with van der Waals surface area (Å²) in [4.78, 5) is 27.5. The van der Waals surface area contributed by atoms with Crippen LogP contribution in [-0.2, 0) is 9.59 Å². The Morgan fingerprint density at radius 3 is 2.41 bits per heavy atom. The quantitative estimate of drug-likeness (QED) is 0.240. The van der Waals surface area contributed by atoms with Crippen molar-refractivity contribution in [3.63, 3.8) is 0 Å². The van der Waals surface area contributed by atoms with Gasteiger partial charge in [0.05, 0.1) is 11.4 Å². The molecule has 0 spiro atoms. The Labute approximate surface area is 216 Å². The third-order valence-corrected chi connectivity index (χ3v) is 5.93. The summed E-state index contributed by atoms with van der Waals surface area (Å²) in [7, 11) is 0. The second kappa shape index (κ2) is 10.9. The van der Waals surface area contributed by atoms with E-state index in [2.05, 4.69) is 6.58 Å². The molecule has 0 saturated heterocycles. The highest BCUT2D eigenvalue weighted by Gasteiger charge is 2.35. The summed E-state index contributed by atoms with van der Waals surface area (Å²) in [5, 5.41) is 14.5. The molecule has 1 aliphatic rings. The van der Waals surface area contributed by atoms with Gasteiger partial charge in [0.15, 0.2) is 0 Å². The first-order chi connectivity index (χ1) is 17.8. The third-order valence-electron chi connectivity index (χ3n) is 5.93. The summed E-state index contributed by atoms with van der Waals surface area (Å²) in [6, 6.07) is 19.2. The van der Waals surface area contributed by atoms with Gasteiger partial charge in [-0.3, -0.25) is 14.5 Å². The maximum atomic E-state index is 13.5. The van der Waals surface area contributed by atoms with Crippen molar-refractivity contribution in [2.24, 2.45) is 5.92 Å². The minimum absolute atomic E-state index is 0.0211. The molecular weight excluding hydrogens is 464 g/mol. The van der Waals surface area contributed by atoms with Crippen LogP contribution >= 0.6 is 0 Å². The number of hydrogen-bond acceptors (Lipinski definition) is 5. The van der Waals surface area contributed by atoms with Gasteiger partial charge in [-0.2, -0.15) is 10.4 Å². The minimum Gasteiger partial charge on any atom is -0.490 e. The highest BCUT2D eigenvalue weighted by atomic mass is 16.5. The Balaban J connectivity index is 1.86. The highest BCUT2D eigenvalue weighted by molar-refractivity contribution is 6.19. The summed E-state index contributed by atoms with van der Waals surface area (Å²) in [6.07, 6.45) is 5.24. The number of rotatable bonds is 8. The molecule has 2 heterocycles. The molecule has 0 saturated carbocycles. The number of ether oxygens (including phenoxy) is 1. The van der Waals surface area contributed by atoms with E-state index >= 15 is 0 Å². The van der Waals surface area contributed by atoms with Crippen molar-refractivity contribution in [2.45, 2.75) is 20.8 Å². The van der Waals surface area contributed by atoms with Gasteiger partial charge in [0, 0.05) is 29.4 Å². The van der Waals surface area contributed by atoms with Crippen LogP contribution in [0.5, 0.6) is 5.75 Å². The van der Waals surface area contributed by atoms with Gasteiger partial charge in [-0.05, 0) is 60.9 Å². The summed E-state index contributed by atoms with van der Waals surface area (Å²) in [5.74, 6) is -0.201. The molecule has 0 N–H and O–H groups in total. The average molecular weight is 493 g/mol. The molecule has 0 radical (unpaired) electrons. The maximum Gasteiger partial charge on any atom is 0.271 e. The van der Waals surface area contributed by atoms with Gasteiger partial charge in [-0.1, -0.05) is 44.7 Å². The van der Waals surface area contributed by atoms with Crippen molar-refractivity contribution in [1.29, 1.82) is 5.26 Å². The normalized spacial score (nSPS) is 14.9. The minimum atomic E-state index is -0.550. The van der Waals surface area contributed by atoms with E-state index in [1.807, 2.05) is 80.7 Å². The summed E-state index contributed by atoms with van der Waals surface area (Å²) >= 11 is 0. The molecule has 4 rings (SSSR count). The number of para-hydroxylation sites is 1. The summed E-state index contributed by atoms with van der Waals surface area (Å²) in [5.41, 5.74) is 3.66. The van der Waals surface area contributed by atoms with Gasteiger partial charge in [-0.15, -0.1) is 0 Å². The Morgan fingerprint density at radius 1 is 1.08 bits per heavy atom. The topological polar surface area (TPSA) is 88.2 Å². The standard InChI is InChI=1S/C30H28N4O3/c1-5-15-37-25-13-11-22(12-14-25)28-23(19-34(32-28)24-9-7-6-8-10-24)16-26-21(4)27(17-31)30(36)33(29(26)35)18-20(2)3/h5-14,16,19-20H,1,15,18H2,2-4H3/b26-16+. The third kappa shape index (κ3) is 5.29. The zero-order chi connectivity index (χ0) is 26.5. The van der Waals surface area contributed by atoms with Crippen molar-refractivity contribution in [2.75, 3.05) is 13.2 Å². The Morgan fingerprint density at radius 2 is 1.78 bits per heavy atom. The van der Waals surface area contributed by atoms with E-state index in [-0.39, 0.29) is 18.0 Å². The van der Waals surface area contributed by atoms with Crippen molar-refractivity contribution < 1.29 is 14.3 Å². The van der Waals surface area contributed by atoms with Crippen LogP contribution in [0.3, 0.4) is 0 Å². The Kier molecular flexibility index (Phi) is 7.49. The Bertz CT molecular complexity index is 1440. The summed E-state index contributed by atoms with van der Waals surface area (Å²) < 4.78 is 7.35. The SMILES string of the molecule is C=CCOc1ccc(-c2nn(-c3ccccc3)cc2/C=C2/C(=O)N(CC(C)C)C(=O)C(C#N)=C2C)cc1. The van der Waals surface area contributed by atoms with E-state index in [1.54, 1.807) is 23.8 Å². The molecule has 0 atom stereocenters. The summed E-state index contributed by atoms with van der Waals surface area (Å²) in [6.45, 7) is 9.79. The van der Waals surface area contributed by atoms with Crippen LogP contribution in [0.2, 0.25) is 0 Å². The second-order valence-electron chi connectivity index (χ2n) is 9.12. The number of aromatic nitrogens is 2. The van der Waals surface area contributed by atoms with Gasteiger partial charge >= 0.3 is 0 Å². The van der Waals surface area contributed by atoms with Gasteiger partial charge in [0.2, 0.25) is 0 Å². The molecule has 0 fully saturated rings. The van der Waals surface area contributed by atoms with E-state index in [1.165, 1.54) is 0 Å². The van der Waals surface area contributed by atoms with Crippen molar-refractivity contribution in [1.82, 2.24) is 14.7 Å². The van der Waals surface area contributed by atoms with E-state index in [4.69, 9.17) is 9.84 Å². The number of carbonyl (C=O) groups is 2. The monoisotopic (exact) mass is 492 g/mol. The fraction of sp³-hybridized carbons (Fsp3) is 0.200. The first-order valence-corrected chi connectivity index (χ1v) is 12.0. The molecule has 0 aliphatic carbocycles. The zero-order valence-corrected chi connectivity index (χ0v) is 21.1. The lowest BCUT2D eigenvalue weighted by molar-refractivity contribution is -0.141. The lowest BCUT2D eigenvalue weighted by Gasteiger charge is -2.28. The smallest absolute Gasteiger partial charge is 0.271 e. The lowest BCUT2D eigenvalue weighted by atomic mass is 9.92. The van der Waals surface area contributed by atoms with E-state index in [0.717, 1.165) is 16.2 Å². The first kappa shape index (κ1) is 25.4. The molecule has 7 nitrogen and oxygen atoms in total. The first-order valence-electron chi connectivity index (χ1n) is 12.0. The van der Waals surface area contributed by atoms with Crippen molar-refractivity contribution >= 4 is 17.9 Å². The number of nitrogens with zero attached hydrogens (tertiary/aromatic N) is 4. The molecule has 2 amide bonds. The second-order valence-corrected chi connectivity index (χ2v) is 9.12. The van der Waals surface area contributed by atoms with Crippen LogP contribution in [0.25, 0.3) is 23.0 Å². The van der Waals surface area contributed by atoms with Crippen LogP contribution in [0.15, 0.2) is 90.2 Å². The van der Waals surface area contributed by atoms with E-state index < -0.39 is 11.8 Å². The number of nitriles is 1. The number of benzene rings is 2. The van der Waals surface area contributed by atoms with Crippen LogP contribution in [-0.4, -0.2) is 39.6 Å². The Hall–Kier alpha value is -4.70. The van der Waals surface area contributed by atoms with Crippen LogP contribution in [0, 0.1) is 17.2 Å². The lowest BCUT2D eigenvalue weighted by Crippen LogP contribution is -2.44. The van der Waals surface area contributed by atoms with Crippen molar-refractivity contribution in [3.8, 4) is 28.8 Å². The molecular formula is C30H28N4O3. The van der Waals surface area contributed by atoms with E-state index in [9.17, 15) is 14.9 Å². The molecule has 0 unspecified atom stereocenters. The fourth-order valence-electron chi connectivity index (χ4n) is 4.11. The predicted octanol–water partition coefficient (Wildman–Crippen LogP) is 5.35. The molecule has 1 aliphatic heterocycles. The van der Waals surface area contributed by atoms with Gasteiger partial charge in [0.25, 0.3) is 11.8 Å². The molecule has 3 aromatic rings. The number of imide groups is 1. The van der Waals surface area contributed by atoms with Gasteiger partial charge in [-0.25, -0.2) is 4.68 Å². The highest BCUT2D eigenvalue weighted by Crippen LogP contribution is 2.32. The van der Waals surface area contributed by atoms with Crippen LogP contribution < -0.4 is 4.74 Å². The molecule has 2 aromatic carbocycles.